The van der Waals surface area contributed by atoms with Gasteiger partial charge in [-0.05, 0) is 50.5 Å². The first-order valence-electron chi connectivity index (χ1n) is 8.27. The lowest BCUT2D eigenvalue weighted by Crippen LogP contribution is -2.64. The summed E-state index contributed by atoms with van der Waals surface area (Å²) in [5.74, 6) is 1.36. The molecule has 4 fully saturated rings. The average Bonchev–Trinajstić information content (AvgIpc) is 2.94. The Morgan fingerprint density at radius 2 is 1.85 bits per heavy atom. The van der Waals surface area contributed by atoms with Crippen LogP contribution in [0.4, 0.5) is 0 Å². The highest BCUT2D eigenvalue weighted by Gasteiger charge is 2.43. The van der Waals surface area contributed by atoms with Crippen molar-refractivity contribution in [3.8, 4) is 0 Å². The van der Waals surface area contributed by atoms with Gasteiger partial charge < -0.3 is 25.8 Å². The molecule has 3 heterocycles. The summed E-state index contributed by atoms with van der Waals surface area (Å²) in [7, 11) is 0. The van der Waals surface area contributed by atoms with Crippen LogP contribution in [0.3, 0.4) is 0 Å². The third-order valence-electron chi connectivity index (χ3n) is 5.94. The standard InChI is InChI=1S/C15H27N3O2/c16-11-6-12(18-13-7-17-4-3-10(11)13)9-1-2-14-15(5-9)20-8-19-14/h9-15,17-18H,1-8,16H2. The van der Waals surface area contributed by atoms with Crippen molar-refractivity contribution < 1.29 is 9.47 Å². The highest BCUT2D eigenvalue weighted by Crippen LogP contribution is 2.37. The molecule has 20 heavy (non-hydrogen) atoms. The van der Waals surface area contributed by atoms with Crippen LogP contribution in [0, 0.1) is 11.8 Å². The van der Waals surface area contributed by atoms with E-state index in [0.717, 1.165) is 32.4 Å². The summed E-state index contributed by atoms with van der Waals surface area (Å²) in [5.41, 5.74) is 6.47. The summed E-state index contributed by atoms with van der Waals surface area (Å²) < 4.78 is 11.3. The number of ether oxygens (including phenoxy) is 2. The largest absolute Gasteiger partial charge is 0.349 e. The van der Waals surface area contributed by atoms with Gasteiger partial charge in [0.25, 0.3) is 0 Å². The number of hydrogen-bond donors (Lipinski definition) is 3. The molecule has 4 aliphatic rings. The van der Waals surface area contributed by atoms with Crippen molar-refractivity contribution in [3.63, 3.8) is 0 Å². The van der Waals surface area contributed by atoms with E-state index in [0.29, 0.717) is 49.0 Å². The molecule has 3 aliphatic heterocycles. The van der Waals surface area contributed by atoms with Crippen molar-refractivity contribution >= 4 is 0 Å². The van der Waals surface area contributed by atoms with Crippen molar-refractivity contribution in [2.24, 2.45) is 17.6 Å². The zero-order valence-electron chi connectivity index (χ0n) is 12.1. The molecular formula is C15H27N3O2. The Labute approximate surface area is 120 Å². The molecule has 0 radical (unpaired) electrons. The molecule has 0 amide bonds. The Morgan fingerprint density at radius 1 is 0.950 bits per heavy atom. The summed E-state index contributed by atoms with van der Waals surface area (Å²) in [5, 5.41) is 7.40. The molecule has 0 aromatic heterocycles. The minimum atomic E-state index is 0.328. The topological polar surface area (TPSA) is 68.5 Å². The molecule has 4 rings (SSSR count). The van der Waals surface area contributed by atoms with Crippen LogP contribution in [-0.2, 0) is 9.47 Å². The van der Waals surface area contributed by atoms with Gasteiger partial charge >= 0.3 is 0 Å². The molecule has 1 saturated carbocycles. The van der Waals surface area contributed by atoms with E-state index in [-0.39, 0.29) is 0 Å². The minimum Gasteiger partial charge on any atom is -0.349 e. The first kappa shape index (κ1) is 13.5. The maximum atomic E-state index is 6.47. The van der Waals surface area contributed by atoms with Gasteiger partial charge in [0.05, 0.1) is 12.2 Å². The molecule has 114 valence electrons. The van der Waals surface area contributed by atoms with Crippen LogP contribution in [0.5, 0.6) is 0 Å². The quantitative estimate of drug-likeness (QED) is 0.640. The second kappa shape index (κ2) is 5.54. The van der Waals surface area contributed by atoms with Crippen molar-refractivity contribution in [3.05, 3.63) is 0 Å². The Balaban J connectivity index is 1.41. The second-order valence-corrected chi connectivity index (χ2v) is 7.04. The fraction of sp³-hybridized carbons (Fsp3) is 1.00. The van der Waals surface area contributed by atoms with Gasteiger partial charge in [-0.3, -0.25) is 0 Å². The molecule has 7 unspecified atom stereocenters. The summed E-state index contributed by atoms with van der Waals surface area (Å²) >= 11 is 0. The monoisotopic (exact) mass is 281 g/mol. The van der Waals surface area contributed by atoms with Gasteiger partial charge in [-0.25, -0.2) is 0 Å². The third kappa shape index (κ3) is 2.40. The predicted octanol–water partition coefficient (Wildman–Crippen LogP) is 0.195. The van der Waals surface area contributed by atoms with Gasteiger partial charge in [0.1, 0.15) is 6.79 Å². The van der Waals surface area contributed by atoms with Crippen LogP contribution < -0.4 is 16.4 Å². The fourth-order valence-electron chi connectivity index (χ4n) is 4.79. The third-order valence-corrected chi connectivity index (χ3v) is 5.94. The zero-order valence-corrected chi connectivity index (χ0v) is 12.1. The SMILES string of the molecule is NC1CC(C2CCC3OCOC3C2)NC2CNCCC12. The van der Waals surface area contributed by atoms with Crippen LogP contribution in [0.2, 0.25) is 0 Å². The van der Waals surface area contributed by atoms with Crippen molar-refractivity contribution in [1.82, 2.24) is 10.6 Å². The lowest BCUT2D eigenvalue weighted by molar-refractivity contribution is 0.0353. The van der Waals surface area contributed by atoms with Gasteiger partial charge in [-0.1, -0.05) is 0 Å². The molecule has 1 aliphatic carbocycles. The molecule has 0 aromatic rings. The van der Waals surface area contributed by atoms with E-state index in [4.69, 9.17) is 15.2 Å². The van der Waals surface area contributed by atoms with E-state index in [1.54, 1.807) is 0 Å². The lowest BCUT2D eigenvalue weighted by Gasteiger charge is -2.47. The molecule has 3 saturated heterocycles. The van der Waals surface area contributed by atoms with Gasteiger partial charge in [-0.2, -0.15) is 0 Å². The van der Waals surface area contributed by atoms with E-state index in [2.05, 4.69) is 10.6 Å². The molecule has 4 N–H and O–H groups in total. The molecule has 7 atom stereocenters. The van der Waals surface area contributed by atoms with E-state index in [9.17, 15) is 0 Å². The van der Waals surface area contributed by atoms with E-state index < -0.39 is 0 Å². The van der Waals surface area contributed by atoms with Crippen LogP contribution in [0.1, 0.15) is 32.1 Å². The number of hydrogen-bond acceptors (Lipinski definition) is 5. The van der Waals surface area contributed by atoms with E-state index in [1.165, 1.54) is 12.8 Å². The van der Waals surface area contributed by atoms with Crippen molar-refractivity contribution in [1.29, 1.82) is 0 Å². The van der Waals surface area contributed by atoms with Crippen molar-refractivity contribution in [2.45, 2.75) is 62.4 Å². The lowest BCUT2D eigenvalue weighted by atomic mass is 9.72. The van der Waals surface area contributed by atoms with Gasteiger partial charge in [-0.15, -0.1) is 0 Å². The Kier molecular flexibility index (Phi) is 3.73. The molecule has 5 heteroatoms. The zero-order chi connectivity index (χ0) is 13.5. The maximum absolute atomic E-state index is 6.47. The van der Waals surface area contributed by atoms with Crippen LogP contribution in [-0.4, -0.2) is 50.2 Å². The van der Waals surface area contributed by atoms with E-state index in [1.807, 2.05) is 0 Å². The Hall–Kier alpha value is -0.200. The Morgan fingerprint density at radius 3 is 2.80 bits per heavy atom. The first-order chi connectivity index (χ1) is 9.81. The number of fused-ring (bicyclic) bond motifs is 2. The molecular weight excluding hydrogens is 254 g/mol. The number of nitrogens with two attached hydrogens (primary N) is 1. The summed E-state index contributed by atoms with van der Waals surface area (Å²) in [6.07, 6.45) is 6.57. The fourth-order valence-corrected chi connectivity index (χ4v) is 4.79. The summed E-state index contributed by atoms with van der Waals surface area (Å²) in [6.45, 7) is 2.70. The van der Waals surface area contributed by atoms with Crippen LogP contribution >= 0.6 is 0 Å². The Bertz CT molecular complexity index is 354. The van der Waals surface area contributed by atoms with Crippen LogP contribution in [0.25, 0.3) is 0 Å². The minimum absolute atomic E-state index is 0.328. The van der Waals surface area contributed by atoms with Crippen LogP contribution in [0.15, 0.2) is 0 Å². The molecule has 0 bridgehead atoms. The molecule has 0 aromatic carbocycles. The molecule has 0 spiro atoms. The van der Waals surface area contributed by atoms with Gasteiger partial charge in [0.15, 0.2) is 0 Å². The highest BCUT2D eigenvalue weighted by molar-refractivity contribution is 5.00. The number of nitrogens with one attached hydrogen (secondary N) is 2. The average molecular weight is 281 g/mol. The van der Waals surface area contributed by atoms with Gasteiger partial charge in [0, 0.05) is 24.7 Å². The van der Waals surface area contributed by atoms with Crippen molar-refractivity contribution in [2.75, 3.05) is 19.9 Å². The first-order valence-corrected chi connectivity index (χ1v) is 8.27. The smallest absolute Gasteiger partial charge is 0.147 e. The molecule has 5 nitrogen and oxygen atoms in total. The van der Waals surface area contributed by atoms with Gasteiger partial charge in [0.2, 0.25) is 0 Å². The number of rotatable bonds is 1. The van der Waals surface area contributed by atoms with E-state index >= 15 is 0 Å². The maximum Gasteiger partial charge on any atom is 0.147 e. The highest BCUT2D eigenvalue weighted by atomic mass is 16.7. The second-order valence-electron chi connectivity index (χ2n) is 7.04. The number of piperidine rings is 2. The summed E-state index contributed by atoms with van der Waals surface area (Å²) in [6, 6.07) is 1.50. The summed E-state index contributed by atoms with van der Waals surface area (Å²) in [4.78, 5) is 0. The normalized spacial score (nSPS) is 52.4. The predicted molar refractivity (Wildman–Crippen MR) is 76.2 cm³/mol.